The van der Waals surface area contributed by atoms with Gasteiger partial charge in [-0.3, -0.25) is 9.78 Å². The molecule has 0 aliphatic heterocycles. The molecule has 0 bridgehead atoms. The van der Waals surface area contributed by atoms with Crippen LogP contribution in [0.25, 0.3) is 0 Å². The van der Waals surface area contributed by atoms with Crippen LogP contribution >= 0.6 is 0 Å². The predicted molar refractivity (Wildman–Crippen MR) is 116 cm³/mol. The van der Waals surface area contributed by atoms with Gasteiger partial charge in [0.05, 0.1) is 12.2 Å². The number of nitrogens with zero attached hydrogens (tertiary/aromatic N) is 3. The fraction of sp³-hybridized carbons (Fsp3) is 0.304. The Balaban J connectivity index is 1.80. The molecule has 0 aliphatic carbocycles. The van der Waals surface area contributed by atoms with E-state index in [9.17, 15) is 4.79 Å². The van der Waals surface area contributed by atoms with Crippen molar-refractivity contribution in [2.45, 2.75) is 46.1 Å². The van der Waals surface area contributed by atoms with Gasteiger partial charge < -0.3 is 10.6 Å². The lowest BCUT2D eigenvalue weighted by Crippen LogP contribution is -2.18. The molecule has 29 heavy (non-hydrogen) atoms. The molecule has 0 saturated carbocycles. The van der Waals surface area contributed by atoms with E-state index in [1.54, 1.807) is 18.5 Å². The van der Waals surface area contributed by atoms with Gasteiger partial charge in [-0.15, -0.1) is 0 Å². The van der Waals surface area contributed by atoms with Gasteiger partial charge in [-0.25, -0.2) is 9.97 Å². The number of benzene rings is 1. The molecule has 2 aromatic heterocycles. The Hall–Kier alpha value is -3.28. The summed E-state index contributed by atoms with van der Waals surface area (Å²) in [4.78, 5) is 25.8. The Bertz CT molecular complexity index is 944. The van der Waals surface area contributed by atoms with Crippen molar-refractivity contribution in [1.82, 2.24) is 15.0 Å². The van der Waals surface area contributed by atoms with E-state index in [2.05, 4.69) is 65.4 Å². The van der Waals surface area contributed by atoms with Crippen molar-refractivity contribution in [3.63, 3.8) is 0 Å². The highest BCUT2D eigenvalue weighted by Crippen LogP contribution is 2.32. The maximum Gasteiger partial charge on any atom is 0.274 e. The van der Waals surface area contributed by atoms with E-state index in [0.717, 1.165) is 22.5 Å². The van der Waals surface area contributed by atoms with Crippen molar-refractivity contribution in [3.8, 4) is 0 Å². The molecule has 2 N–H and O–H groups in total. The third-order valence-electron chi connectivity index (χ3n) is 4.65. The average Bonchev–Trinajstić information content (AvgIpc) is 2.73. The van der Waals surface area contributed by atoms with E-state index >= 15 is 0 Å². The third kappa shape index (κ3) is 5.16. The smallest absolute Gasteiger partial charge is 0.274 e. The standard InChI is InChI=1S/C23H27N5O/c1-15(2)18-9-7-10-19(16(3)4)21(18)28-22(29)20-11-13-25-23(27-20)26-14-17-8-5-6-12-24-17/h5-13,15-16H,14H2,1-4H3,(H,28,29)(H,25,26,27). The number of carbonyl (C=O) groups is 1. The van der Waals surface area contributed by atoms with Gasteiger partial charge >= 0.3 is 0 Å². The van der Waals surface area contributed by atoms with Crippen molar-refractivity contribution < 1.29 is 4.79 Å². The van der Waals surface area contributed by atoms with Crippen LogP contribution in [0.2, 0.25) is 0 Å². The van der Waals surface area contributed by atoms with Gasteiger partial charge in [0.1, 0.15) is 5.69 Å². The first-order chi connectivity index (χ1) is 14.0. The van der Waals surface area contributed by atoms with Crippen LogP contribution in [0.4, 0.5) is 11.6 Å². The fourth-order valence-electron chi connectivity index (χ4n) is 3.12. The number of para-hydroxylation sites is 1. The monoisotopic (exact) mass is 389 g/mol. The number of rotatable bonds is 7. The van der Waals surface area contributed by atoms with Crippen molar-refractivity contribution in [3.05, 3.63) is 77.4 Å². The highest BCUT2D eigenvalue weighted by molar-refractivity contribution is 6.04. The minimum absolute atomic E-state index is 0.247. The zero-order chi connectivity index (χ0) is 20.8. The Kier molecular flexibility index (Phi) is 6.54. The molecule has 6 heteroatoms. The summed E-state index contributed by atoms with van der Waals surface area (Å²) in [6.45, 7) is 8.98. The SMILES string of the molecule is CC(C)c1cccc(C(C)C)c1NC(=O)c1ccnc(NCc2ccccn2)n1. The lowest BCUT2D eigenvalue weighted by Gasteiger charge is -2.20. The molecule has 2 heterocycles. The molecule has 0 saturated heterocycles. The number of nitrogens with one attached hydrogen (secondary N) is 2. The topological polar surface area (TPSA) is 79.8 Å². The van der Waals surface area contributed by atoms with E-state index in [-0.39, 0.29) is 5.91 Å². The van der Waals surface area contributed by atoms with Crippen LogP contribution in [-0.2, 0) is 6.54 Å². The number of carbonyl (C=O) groups excluding carboxylic acids is 1. The number of amides is 1. The molecule has 0 spiro atoms. The second-order valence-electron chi connectivity index (χ2n) is 7.52. The average molecular weight is 390 g/mol. The van der Waals surface area contributed by atoms with Crippen molar-refractivity contribution in [2.24, 2.45) is 0 Å². The summed E-state index contributed by atoms with van der Waals surface area (Å²) in [5.74, 6) is 0.739. The van der Waals surface area contributed by atoms with E-state index in [1.165, 1.54) is 0 Å². The first-order valence-electron chi connectivity index (χ1n) is 9.86. The molecule has 150 valence electrons. The maximum absolute atomic E-state index is 12.9. The Labute approximate surface area is 171 Å². The molecule has 1 aromatic carbocycles. The molecule has 0 atom stereocenters. The van der Waals surface area contributed by atoms with Gasteiger partial charge in [0.25, 0.3) is 5.91 Å². The lowest BCUT2D eigenvalue weighted by atomic mass is 9.92. The van der Waals surface area contributed by atoms with E-state index in [1.807, 2.05) is 24.3 Å². The van der Waals surface area contributed by atoms with E-state index in [0.29, 0.717) is 30.0 Å². The quantitative estimate of drug-likeness (QED) is 0.595. The number of hydrogen-bond acceptors (Lipinski definition) is 5. The van der Waals surface area contributed by atoms with Crippen LogP contribution in [0, 0.1) is 0 Å². The lowest BCUT2D eigenvalue weighted by molar-refractivity contribution is 0.102. The molecule has 1 amide bonds. The highest BCUT2D eigenvalue weighted by atomic mass is 16.1. The van der Waals surface area contributed by atoms with Crippen LogP contribution < -0.4 is 10.6 Å². The Morgan fingerprint density at radius 1 is 0.897 bits per heavy atom. The van der Waals surface area contributed by atoms with E-state index < -0.39 is 0 Å². The molecule has 3 rings (SSSR count). The van der Waals surface area contributed by atoms with Gasteiger partial charge in [0.15, 0.2) is 0 Å². The van der Waals surface area contributed by atoms with Crippen LogP contribution in [0.5, 0.6) is 0 Å². The van der Waals surface area contributed by atoms with Gasteiger partial charge in [-0.05, 0) is 41.2 Å². The molecule has 0 aliphatic rings. The summed E-state index contributed by atoms with van der Waals surface area (Å²) >= 11 is 0. The second kappa shape index (κ2) is 9.28. The minimum Gasteiger partial charge on any atom is -0.349 e. The molecular formula is C23H27N5O. The maximum atomic E-state index is 12.9. The Morgan fingerprint density at radius 2 is 1.62 bits per heavy atom. The Morgan fingerprint density at radius 3 is 2.24 bits per heavy atom. The third-order valence-corrected chi connectivity index (χ3v) is 4.65. The van der Waals surface area contributed by atoms with Crippen LogP contribution in [0.3, 0.4) is 0 Å². The summed E-state index contributed by atoms with van der Waals surface area (Å²) in [6.07, 6.45) is 3.32. The van der Waals surface area contributed by atoms with Gasteiger partial charge in [-0.1, -0.05) is 52.0 Å². The number of hydrogen-bond donors (Lipinski definition) is 2. The highest BCUT2D eigenvalue weighted by Gasteiger charge is 2.17. The first kappa shape index (κ1) is 20.5. The van der Waals surface area contributed by atoms with Crippen molar-refractivity contribution in [1.29, 1.82) is 0 Å². The summed E-state index contributed by atoms with van der Waals surface area (Å²) in [6, 6.07) is 13.5. The molecule has 0 unspecified atom stereocenters. The summed E-state index contributed by atoms with van der Waals surface area (Å²) in [7, 11) is 0. The fourth-order valence-corrected chi connectivity index (χ4v) is 3.12. The van der Waals surface area contributed by atoms with Crippen molar-refractivity contribution in [2.75, 3.05) is 10.6 Å². The van der Waals surface area contributed by atoms with Crippen molar-refractivity contribution >= 4 is 17.5 Å². The number of anilines is 2. The molecule has 6 nitrogen and oxygen atoms in total. The number of aromatic nitrogens is 3. The largest absolute Gasteiger partial charge is 0.349 e. The predicted octanol–water partition coefficient (Wildman–Crippen LogP) is 4.98. The summed E-state index contributed by atoms with van der Waals surface area (Å²) in [5.41, 5.74) is 4.30. The normalized spacial score (nSPS) is 11.0. The van der Waals surface area contributed by atoms with Gasteiger partial charge in [0, 0.05) is 18.1 Å². The second-order valence-corrected chi connectivity index (χ2v) is 7.52. The zero-order valence-corrected chi connectivity index (χ0v) is 17.3. The summed E-state index contributed by atoms with van der Waals surface area (Å²) < 4.78 is 0. The molecule has 0 radical (unpaired) electrons. The summed E-state index contributed by atoms with van der Waals surface area (Å²) in [5, 5.41) is 6.20. The molecule has 3 aromatic rings. The first-order valence-corrected chi connectivity index (χ1v) is 9.86. The van der Waals surface area contributed by atoms with Crippen LogP contribution in [0.15, 0.2) is 54.9 Å². The van der Waals surface area contributed by atoms with Gasteiger partial charge in [-0.2, -0.15) is 0 Å². The van der Waals surface area contributed by atoms with E-state index in [4.69, 9.17) is 0 Å². The molecule has 0 fully saturated rings. The zero-order valence-electron chi connectivity index (χ0n) is 17.3. The van der Waals surface area contributed by atoms with Crippen LogP contribution in [0.1, 0.15) is 66.8 Å². The van der Waals surface area contributed by atoms with Gasteiger partial charge in [0.2, 0.25) is 5.95 Å². The number of pyridine rings is 1. The molecular weight excluding hydrogens is 362 g/mol. The minimum atomic E-state index is -0.247. The van der Waals surface area contributed by atoms with Crippen LogP contribution in [-0.4, -0.2) is 20.9 Å².